The van der Waals surface area contributed by atoms with Gasteiger partial charge in [0.05, 0.1) is 6.54 Å². The lowest BCUT2D eigenvalue weighted by molar-refractivity contribution is 0.0973. The maximum Gasteiger partial charge on any atom is 0.417 e. The van der Waals surface area contributed by atoms with Gasteiger partial charge in [0.1, 0.15) is 12.5 Å². The topological polar surface area (TPSA) is 61.8 Å². The smallest absolute Gasteiger partial charge is 0.410 e. The zero-order chi connectivity index (χ0) is 15.2. The predicted molar refractivity (Wildman–Crippen MR) is 86.6 cm³/mol. The molecule has 1 atom stereocenters. The van der Waals surface area contributed by atoms with Gasteiger partial charge in [0.25, 0.3) is 0 Å². The number of nitrogens with zero attached hydrogens (tertiary/aromatic N) is 1. The van der Waals surface area contributed by atoms with Gasteiger partial charge in [-0.2, -0.15) is 0 Å². The molecule has 1 aliphatic rings. The summed E-state index contributed by atoms with van der Waals surface area (Å²) in [6, 6.07) is 5.84. The van der Waals surface area contributed by atoms with E-state index in [-0.39, 0.29) is 20.2 Å². The second-order valence-electron chi connectivity index (χ2n) is 4.90. The summed E-state index contributed by atoms with van der Waals surface area (Å²) in [7, 11) is 0. The van der Waals surface area contributed by atoms with Gasteiger partial charge in [-0.25, -0.2) is 4.79 Å². The molecule has 0 bridgehead atoms. The highest BCUT2D eigenvalue weighted by Gasteiger charge is 2.23. The maximum atomic E-state index is 11.8. The van der Waals surface area contributed by atoms with E-state index in [1.54, 1.807) is 13.0 Å². The lowest BCUT2D eigenvalue weighted by atomic mass is 10.1. The monoisotopic (exact) mass is 304 g/mol. The molecule has 1 aromatic rings. The first-order valence-electron chi connectivity index (χ1n) is 7.06. The van der Waals surface area contributed by atoms with Crippen LogP contribution in [0.15, 0.2) is 18.2 Å². The van der Waals surface area contributed by atoms with E-state index in [2.05, 4.69) is 11.2 Å². The van der Waals surface area contributed by atoms with Crippen LogP contribution in [0.4, 0.5) is 4.79 Å². The SMILES string of the molecule is C.C#CCNC1CCc2ccc(OC(=O)N(CC)CO)cc21. The Hall–Kier alpha value is -2.03. The van der Waals surface area contributed by atoms with Crippen molar-refractivity contribution in [2.45, 2.75) is 33.2 Å². The summed E-state index contributed by atoms with van der Waals surface area (Å²) in [5, 5.41) is 12.4. The van der Waals surface area contributed by atoms with Gasteiger partial charge < -0.3 is 9.84 Å². The molecule has 0 saturated carbocycles. The average molecular weight is 304 g/mol. The number of nitrogens with one attached hydrogen (secondary N) is 1. The number of aliphatic hydroxyl groups is 1. The Kier molecular flexibility index (Phi) is 6.90. The van der Waals surface area contributed by atoms with Crippen LogP contribution in [-0.4, -0.2) is 35.9 Å². The molecule has 120 valence electrons. The molecule has 2 rings (SSSR count). The number of hydrogen-bond donors (Lipinski definition) is 2. The largest absolute Gasteiger partial charge is 0.417 e. The minimum absolute atomic E-state index is 0. The Morgan fingerprint density at radius 3 is 3.00 bits per heavy atom. The average Bonchev–Trinajstić information content (AvgIpc) is 2.89. The highest BCUT2D eigenvalue weighted by molar-refractivity contribution is 5.70. The number of aryl methyl sites for hydroxylation is 1. The van der Waals surface area contributed by atoms with Gasteiger partial charge in [0, 0.05) is 12.6 Å². The van der Waals surface area contributed by atoms with Crippen molar-refractivity contribution >= 4 is 6.09 Å². The van der Waals surface area contributed by atoms with Crippen LogP contribution in [0.1, 0.15) is 37.9 Å². The molecule has 2 N–H and O–H groups in total. The van der Waals surface area contributed by atoms with Crippen LogP contribution in [0.3, 0.4) is 0 Å². The van der Waals surface area contributed by atoms with Gasteiger partial charge in [-0.05, 0) is 43.0 Å². The van der Waals surface area contributed by atoms with Gasteiger partial charge in [-0.3, -0.25) is 10.2 Å². The fourth-order valence-electron chi connectivity index (χ4n) is 2.49. The van der Waals surface area contributed by atoms with E-state index in [1.165, 1.54) is 10.5 Å². The van der Waals surface area contributed by atoms with Crippen LogP contribution in [0.25, 0.3) is 0 Å². The fraction of sp³-hybridized carbons (Fsp3) is 0.471. The summed E-state index contributed by atoms with van der Waals surface area (Å²) < 4.78 is 5.30. The van der Waals surface area contributed by atoms with Crippen LogP contribution in [-0.2, 0) is 6.42 Å². The van der Waals surface area contributed by atoms with Crippen molar-refractivity contribution in [1.29, 1.82) is 0 Å². The summed E-state index contributed by atoms with van der Waals surface area (Å²) in [6.07, 6.45) is 6.71. The first-order valence-corrected chi connectivity index (χ1v) is 7.06. The number of hydrogen-bond acceptors (Lipinski definition) is 4. The molecule has 1 aliphatic carbocycles. The Bertz CT molecular complexity index is 547. The number of terminal acetylenes is 1. The van der Waals surface area contributed by atoms with Crippen LogP contribution < -0.4 is 10.1 Å². The number of ether oxygens (including phenoxy) is 1. The summed E-state index contributed by atoms with van der Waals surface area (Å²) in [6.45, 7) is 2.33. The van der Waals surface area contributed by atoms with E-state index in [0.717, 1.165) is 18.4 Å². The minimum Gasteiger partial charge on any atom is -0.410 e. The van der Waals surface area contributed by atoms with Gasteiger partial charge >= 0.3 is 6.09 Å². The molecule has 0 saturated heterocycles. The lowest BCUT2D eigenvalue weighted by Crippen LogP contribution is -2.34. The second kappa shape index (κ2) is 8.42. The lowest BCUT2D eigenvalue weighted by Gasteiger charge is -2.18. The quantitative estimate of drug-likeness (QED) is 0.647. The summed E-state index contributed by atoms with van der Waals surface area (Å²) in [4.78, 5) is 13.0. The predicted octanol–water partition coefficient (Wildman–Crippen LogP) is 2.30. The Morgan fingerprint density at radius 1 is 1.59 bits per heavy atom. The van der Waals surface area contributed by atoms with Crippen LogP contribution in [0, 0.1) is 12.3 Å². The van der Waals surface area contributed by atoms with Gasteiger partial charge in [-0.1, -0.05) is 19.4 Å². The molecule has 5 heteroatoms. The molecular formula is C17H24N2O3. The number of carbonyl (C=O) groups is 1. The van der Waals surface area contributed by atoms with Crippen LogP contribution in [0.5, 0.6) is 5.75 Å². The maximum absolute atomic E-state index is 11.8. The summed E-state index contributed by atoms with van der Waals surface area (Å²) >= 11 is 0. The molecule has 1 unspecified atom stereocenters. The molecular weight excluding hydrogens is 280 g/mol. The van der Waals surface area contributed by atoms with E-state index in [1.807, 2.05) is 12.1 Å². The van der Waals surface area contributed by atoms with Gasteiger partial charge in [-0.15, -0.1) is 6.42 Å². The fourth-order valence-corrected chi connectivity index (χ4v) is 2.49. The third-order valence-corrected chi connectivity index (χ3v) is 3.66. The van der Waals surface area contributed by atoms with Crippen molar-refractivity contribution in [3.63, 3.8) is 0 Å². The highest BCUT2D eigenvalue weighted by Crippen LogP contribution is 2.33. The number of amides is 1. The zero-order valence-electron chi connectivity index (χ0n) is 12.1. The third kappa shape index (κ3) is 4.00. The molecule has 0 radical (unpaired) electrons. The Morgan fingerprint density at radius 2 is 2.36 bits per heavy atom. The number of fused-ring (bicyclic) bond motifs is 1. The van der Waals surface area contributed by atoms with Crippen molar-refractivity contribution in [2.75, 3.05) is 19.8 Å². The molecule has 0 aromatic heterocycles. The normalized spacial score (nSPS) is 15.4. The standard InChI is InChI=1S/C16H20N2O3.CH4/c1-3-9-17-15-8-6-12-5-7-13(10-14(12)15)21-16(20)18(4-2)11-19;/h1,5,7,10,15,17,19H,4,6,8-9,11H2,2H3;1H4. The number of carbonyl (C=O) groups excluding carboxylic acids is 1. The van der Waals surface area contributed by atoms with Crippen LogP contribution >= 0.6 is 0 Å². The molecule has 0 spiro atoms. The van der Waals surface area contributed by atoms with E-state index >= 15 is 0 Å². The van der Waals surface area contributed by atoms with Gasteiger partial charge in [0.15, 0.2) is 0 Å². The molecule has 0 fully saturated rings. The number of rotatable bonds is 5. The van der Waals surface area contributed by atoms with Crippen LogP contribution in [0.2, 0.25) is 0 Å². The van der Waals surface area contributed by atoms with E-state index in [0.29, 0.717) is 18.8 Å². The van der Waals surface area contributed by atoms with Gasteiger partial charge in [0.2, 0.25) is 0 Å². The first kappa shape index (κ1) is 18.0. The Labute approximate surface area is 132 Å². The van der Waals surface area contributed by atoms with Crippen molar-refractivity contribution < 1.29 is 14.6 Å². The van der Waals surface area contributed by atoms with Crippen molar-refractivity contribution in [1.82, 2.24) is 10.2 Å². The minimum atomic E-state index is -0.550. The van der Waals surface area contributed by atoms with Crippen molar-refractivity contribution in [3.05, 3.63) is 29.3 Å². The van der Waals surface area contributed by atoms with E-state index in [4.69, 9.17) is 16.3 Å². The molecule has 22 heavy (non-hydrogen) atoms. The summed E-state index contributed by atoms with van der Waals surface area (Å²) in [5.74, 6) is 3.06. The molecule has 1 amide bonds. The molecule has 0 aliphatic heterocycles. The third-order valence-electron chi connectivity index (χ3n) is 3.66. The number of aliphatic hydroxyl groups excluding tert-OH is 1. The van der Waals surface area contributed by atoms with E-state index < -0.39 is 6.09 Å². The van der Waals surface area contributed by atoms with Crippen molar-refractivity contribution in [2.24, 2.45) is 0 Å². The molecule has 5 nitrogen and oxygen atoms in total. The molecule has 0 heterocycles. The Balaban J connectivity index is 0.00000242. The highest BCUT2D eigenvalue weighted by atomic mass is 16.6. The summed E-state index contributed by atoms with van der Waals surface area (Å²) in [5.41, 5.74) is 2.38. The second-order valence-corrected chi connectivity index (χ2v) is 4.90. The first-order chi connectivity index (χ1) is 10.2. The van der Waals surface area contributed by atoms with Crippen molar-refractivity contribution in [3.8, 4) is 18.1 Å². The molecule has 1 aromatic carbocycles. The van der Waals surface area contributed by atoms with E-state index in [9.17, 15) is 4.79 Å². The number of benzene rings is 1. The zero-order valence-corrected chi connectivity index (χ0v) is 12.1.